The third kappa shape index (κ3) is 2.38. The molecule has 2 aliphatic heterocycles. The molecular weight excluding hydrogens is 274 g/mol. The number of nitrogens with one attached hydrogen (secondary N) is 1. The zero-order valence-electron chi connectivity index (χ0n) is 13.2. The van der Waals surface area contributed by atoms with Gasteiger partial charge in [0.05, 0.1) is 22.6 Å². The fourth-order valence-corrected chi connectivity index (χ4v) is 3.55. The minimum Gasteiger partial charge on any atom is -0.382 e. The third-order valence-corrected chi connectivity index (χ3v) is 5.04. The Morgan fingerprint density at radius 3 is 2.55 bits per heavy atom. The number of nitriles is 1. The standard InChI is InChI=1S/C17H23N5/c1-20-6-8-21(9-7-20)16-11-17-15(10-13(16)12-18)19-4-5-22(17)14-2-3-14/h10-11,14,19H,2-9H2,1H3. The van der Waals surface area contributed by atoms with Crippen LogP contribution in [0, 0.1) is 11.3 Å². The number of benzene rings is 1. The van der Waals surface area contributed by atoms with Gasteiger partial charge in [-0.25, -0.2) is 0 Å². The van der Waals surface area contributed by atoms with Gasteiger partial charge in [-0.2, -0.15) is 5.26 Å². The molecule has 2 fully saturated rings. The van der Waals surface area contributed by atoms with Gasteiger partial charge in [-0.1, -0.05) is 0 Å². The van der Waals surface area contributed by atoms with Crippen LogP contribution in [0.4, 0.5) is 17.1 Å². The monoisotopic (exact) mass is 297 g/mol. The molecule has 2 heterocycles. The van der Waals surface area contributed by atoms with Gasteiger partial charge in [0, 0.05) is 45.3 Å². The van der Waals surface area contributed by atoms with Gasteiger partial charge in [-0.3, -0.25) is 0 Å². The number of hydrogen-bond acceptors (Lipinski definition) is 5. The highest BCUT2D eigenvalue weighted by Crippen LogP contribution is 2.41. The summed E-state index contributed by atoms with van der Waals surface area (Å²) in [5, 5.41) is 13.0. The summed E-state index contributed by atoms with van der Waals surface area (Å²) in [7, 11) is 2.16. The molecule has 1 aliphatic carbocycles. The number of nitrogens with zero attached hydrogens (tertiary/aromatic N) is 4. The molecule has 0 unspecified atom stereocenters. The largest absolute Gasteiger partial charge is 0.382 e. The van der Waals surface area contributed by atoms with E-state index in [-0.39, 0.29) is 0 Å². The van der Waals surface area contributed by atoms with Crippen molar-refractivity contribution in [1.29, 1.82) is 5.26 Å². The molecule has 1 aromatic carbocycles. The van der Waals surface area contributed by atoms with Crippen LogP contribution in [0.5, 0.6) is 0 Å². The van der Waals surface area contributed by atoms with Crippen LogP contribution in [0.3, 0.4) is 0 Å². The van der Waals surface area contributed by atoms with Crippen LogP contribution in [-0.2, 0) is 0 Å². The predicted molar refractivity (Wildman–Crippen MR) is 89.7 cm³/mol. The molecule has 5 heteroatoms. The van der Waals surface area contributed by atoms with Gasteiger partial charge in [0.15, 0.2) is 0 Å². The number of rotatable bonds is 2. The van der Waals surface area contributed by atoms with Gasteiger partial charge >= 0.3 is 0 Å². The molecule has 1 aromatic rings. The zero-order chi connectivity index (χ0) is 15.1. The maximum absolute atomic E-state index is 9.56. The van der Waals surface area contributed by atoms with Gasteiger partial charge < -0.3 is 20.0 Å². The van der Waals surface area contributed by atoms with Crippen molar-refractivity contribution in [1.82, 2.24) is 4.90 Å². The van der Waals surface area contributed by atoms with Gasteiger partial charge in [0.1, 0.15) is 6.07 Å². The van der Waals surface area contributed by atoms with Crippen molar-refractivity contribution in [3.05, 3.63) is 17.7 Å². The lowest BCUT2D eigenvalue weighted by Gasteiger charge is -2.37. The molecule has 0 atom stereocenters. The molecular formula is C17H23N5. The highest BCUT2D eigenvalue weighted by atomic mass is 15.3. The Morgan fingerprint density at radius 1 is 1.09 bits per heavy atom. The van der Waals surface area contributed by atoms with Crippen LogP contribution in [0.1, 0.15) is 18.4 Å². The molecule has 1 saturated heterocycles. The van der Waals surface area contributed by atoms with Crippen molar-refractivity contribution in [2.45, 2.75) is 18.9 Å². The van der Waals surface area contributed by atoms with Crippen molar-refractivity contribution in [2.24, 2.45) is 0 Å². The second-order valence-electron chi connectivity index (χ2n) is 6.64. The summed E-state index contributed by atoms with van der Waals surface area (Å²) in [6, 6.07) is 7.42. The van der Waals surface area contributed by atoms with E-state index in [2.05, 4.69) is 45.3 Å². The lowest BCUT2D eigenvalue weighted by molar-refractivity contribution is 0.313. The van der Waals surface area contributed by atoms with E-state index in [1.54, 1.807) is 0 Å². The molecule has 22 heavy (non-hydrogen) atoms. The number of fused-ring (bicyclic) bond motifs is 1. The number of piperazine rings is 1. The van der Waals surface area contributed by atoms with Gasteiger partial charge in [-0.05, 0) is 32.0 Å². The average molecular weight is 297 g/mol. The Labute approximate surface area is 132 Å². The molecule has 0 radical (unpaired) electrons. The lowest BCUT2D eigenvalue weighted by atomic mass is 10.1. The Kier molecular flexibility index (Phi) is 3.34. The average Bonchev–Trinajstić information content (AvgIpc) is 3.38. The highest BCUT2D eigenvalue weighted by molar-refractivity contribution is 5.81. The first-order chi connectivity index (χ1) is 10.8. The number of anilines is 3. The van der Waals surface area contributed by atoms with E-state index in [1.807, 2.05) is 0 Å². The maximum atomic E-state index is 9.56. The quantitative estimate of drug-likeness (QED) is 0.900. The molecule has 0 aromatic heterocycles. The van der Waals surface area contributed by atoms with Crippen molar-refractivity contribution in [2.75, 3.05) is 61.4 Å². The van der Waals surface area contributed by atoms with E-state index in [0.717, 1.165) is 56.2 Å². The summed E-state index contributed by atoms with van der Waals surface area (Å²) in [5.74, 6) is 0. The normalized spacial score (nSPS) is 22.0. The molecule has 1 saturated carbocycles. The summed E-state index contributed by atoms with van der Waals surface area (Å²) in [6.07, 6.45) is 2.62. The summed E-state index contributed by atoms with van der Waals surface area (Å²) < 4.78 is 0. The fourth-order valence-electron chi connectivity index (χ4n) is 3.55. The van der Waals surface area contributed by atoms with Gasteiger partial charge in [0.25, 0.3) is 0 Å². The Bertz CT molecular complexity index is 608. The predicted octanol–water partition coefficient (Wildman–Crippen LogP) is 1.70. The second kappa shape index (κ2) is 5.36. The molecule has 0 amide bonds. The summed E-state index contributed by atoms with van der Waals surface area (Å²) >= 11 is 0. The minimum absolute atomic E-state index is 0.717. The first-order valence-electron chi connectivity index (χ1n) is 8.28. The Balaban J connectivity index is 1.71. The van der Waals surface area contributed by atoms with Crippen molar-refractivity contribution >= 4 is 17.1 Å². The first kappa shape index (κ1) is 13.7. The van der Waals surface area contributed by atoms with E-state index in [0.29, 0.717) is 6.04 Å². The molecule has 5 nitrogen and oxygen atoms in total. The van der Waals surface area contributed by atoms with E-state index < -0.39 is 0 Å². The van der Waals surface area contributed by atoms with E-state index in [4.69, 9.17) is 0 Å². The molecule has 116 valence electrons. The molecule has 1 N–H and O–H groups in total. The number of hydrogen-bond donors (Lipinski definition) is 1. The first-order valence-corrected chi connectivity index (χ1v) is 8.28. The summed E-state index contributed by atoms with van der Waals surface area (Å²) in [5.41, 5.74) is 4.34. The van der Waals surface area contributed by atoms with E-state index in [1.165, 1.54) is 18.5 Å². The summed E-state index contributed by atoms with van der Waals surface area (Å²) in [4.78, 5) is 7.25. The molecule has 0 spiro atoms. The van der Waals surface area contributed by atoms with Gasteiger partial charge in [-0.15, -0.1) is 0 Å². The Morgan fingerprint density at radius 2 is 1.86 bits per heavy atom. The smallest absolute Gasteiger partial charge is 0.101 e. The number of likely N-dealkylation sites (N-methyl/N-ethyl adjacent to an activating group) is 1. The fraction of sp³-hybridized carbons (Fsp3) is 0.588. The van der Waals surface area contributed by atoms with Crippen molar-refractivity contribution in [3.63, 3.8) is 0 Å². The maximum Gasteiger partial charge on any atom is 0.101 e. The lowest BCUT2D eigenvalue weighted by Crippen LogP contribution is -2.45. The van der Waals surface area contributed by atoms with Crippen LogP contribution < -0.4 is 15.1 Å². The van der Waals surface area contributed by atoms with Crippen LogP contribution in [0.15, 0.2) is 12.1 Å². The van der Waals surface area contributed by atoms with E-state index >= 15 is 0 Å². The third-order valence-electron chi connectivity index (χ3n) is 5.04. The van der Waals surface area contributed by atoms with Crippen LogP contribution in [0.2, 0.25) is 0 Å². The van der Waals surface area contributed by atoms with Crippen LogP contribution in [-0.4, -0.2) is 57.3 Å². The zero-order valence-corrected chi connectivity index (χ0v) is 13.2. The SMILES string of the molecule is CN1CCN(c2cc3c(cc2C#N)NCCN3C2CC2)CC1. The Hall–Kier alpha value is -1.93. The highest BCUT2D eigenvalue weighted by Gasteiger charge is 2.33. The van der Waals surface area contributed by atoms with Crippen LogP contribution >= 0.6 is 0 Å². The van der Waals surface area contributed by atoms with Crippen molar-refractivity contribution in [3.8, 4) is 6.07 Å². The van der Waals surface area contributed by atoms with Crippen molar-refractivity contribution < 1.29 is 0 Å². The minimum atomic E-state index is 0.717. The molecule has 3 aliphatic rings. The topological polar surface area (TPSA) is 45.5 Å². The summed E-state index contributed by atoms with van der Waals surface area (Å²) in [6.45, 7) is 6.18. The van der Waals surface area contributed by atoms with Crippen LogP contribution in [0.25, 0.3) is 0 Å². The van der Waals surface area contributed by atoms with E-state index in [9.17, 15) is 5.26 Å². The molecule has 0 bridgehead atoms. The second-order valence-corrected chi connectivity index (χ2v) is 6.64. The van der Waals surface area contributed by atoms with Gasteiger partial charge in [0.2, 0.25) is 0 Å². The molecule has 4 rings (SSSR count).